The first-order valence-electron chi connectivity index (χ1n) is 9.22. The quantitative estimate of drug-likeness (QED) is 0.792. The van der Waals surface area contributed by atoms with Crippen molar-refractivity contribution in [3.8, 4) is 0 Å². The number of rotatable bonds is 3. The van der Waals surface area contributed by atoms with E-state index in [4.69, 9.17) is 17.0 Å². The molecule has 0 radical (unpaired) electrons. The fourth-order valence-electron chi connectivity index (χ4n) is 3.04. The minimum atomic E-state index is -0.338. The summed E-state index contributed by atoms with van der Waals surface area (Å²) in [5.41, 5.74) is 0.809. The summed E-state index contributed by atoms with van der Waals surface area (Å²) in [6, 6.07) is 4.93. The summed E-state index contributed by atoms with van der Waals surface area (Å²) in [6.07, 6.45) is -0.338. The average molecular weight is 404 g/mol. The Hall–Kier alpha value is -2.68. The summed E-state index contributed by atoms with van der Waals surface area (Å²) in [5, 5.41) is 0.477. The molecule has 1 saturated heterocycles. The summed E-state index contributed by atoms with van der Waals surface area (Å²) in [4.78, 5) is 43.4. The zero-order valence-corrected chi connectivity index (χ0v) is 17.0. The topological polar surface area (TPSA) is 87.6 Å². The van der Waals surface area contributed by atoms with E-state index in [9.17, 15) is 14.4 Å². The molecule has 1 fully saturated rings. The van der Waals surface area contributed by atoms with E-state index in [0.29, 0.717) is 54.0 Å². The van der Waals surface area contributed by atoms with Gasteiger partial charge >= 0.3 is 6.09 Å². The number of hydrogen-bond acceptors (Lipinski definition) is 5. The van der Waals surface area contributed by atoms with Crippen molar-refractivity contribution in [2.45, 2.75) is 13.8 Å². The van der Waals surface area contributed by atoms with E-state index < -0.39 is 0 Å². The van der Waals surface area contributed by atoms with Gasteiger partial charge in [-0.25, -0.2) is 4.79 Å². The molecule has 1 aliphatic rings. The molecule has 1 aromatic heterocycles. The van der Waals surface area contributed by atoms with Crippen LogP contribution in [0.4, 0.5) is 4.79 Å². The van der Waals surface area contributed by atoms with Crippen LogP contribution in [0.1, 0.15) is 24.2 Å². The Bertz CT molecular complexity index is 1020. The van der Waals surface area contributed by atoms with Crippen LogP contribution in [0.2, 0.25) is 0 Å². The van der Waals surface area contributed by atoms with E-state index in [1.807, 2.05) is 13.8 Å². The molecule has 0 aliphatic carbocycles. The van der Waals surface area contributed by atoms with Crippen molar-refractivity contribution in [1.29, 1.82) is 0 Å². The van der Waals surface area contributed by atoms with Crippen LogP contribution in [0.3, 0.4) is 0 Å². The molecule has 1 aromatic carbocycles. The SMILES string of the molecule is CC(C)COC(=O)N1CCN(C(=O)c2ccc3c(=O)n(C)c(=S)[nH]c3c2)CC1. The predicted molar refractivity (Wildman–Crippen MR) is 108 cm³/mol. The lowest BCUT2D eigenvalue weighted by molar-refractivity contribution is 0.0535. The highest BCUT2D eigenvalue weighted by atomic mass is 32.1. The number of ether oxygens (including phenoxy) is 1. The first-order chi connectivity index (χ1) is 13.3. The van der Waals surface area contributed by atoms with Gasteiger partial charge in [-0.3, -0.25) is 14.2 Å². The maximum atomic E-state index is 12.8. The summed E-state index contributed by atoms with van der Waals surface area (Å²) in [6.45, 7) is 6.07. The summed E-state index contributed by atoms with van der Waals surface area (Å²) >= 11 is 5.14. The van der Waals surface area contributed by atoms with Gasteiger partial charge in [-0.05, 0) is 36.3 Å². The minimum absolute atomic E-state index is 0.142. The Balaban J connectivity index is 1.70. The summed E-state index contributed by atoms with van der Waals surface area (Å²) in [7, 11) is 1.60. The zero-order chi connectivity index (χ0) is 20.4. The molecule has 8 nitrogen and oxygen atoms in total. The lowest BCUT2D eigenvalue weighted by atomic mass is 10.1. The van der Waals surface area contributed by atoms with Gasteiger partial charge in [0.2, 0.25) is 0 Å². The lowest BCUT2D eigenvalue weighted by Crippen LogP contribution is -2.50. The lowest BCUT2D eigenvalue weighted by Gasteiger charge is -2.34. The molecule has 0 atom stereocenters. The van der Waals surface area contributed by atoms with Crippen LogP contribution in [-0.4, -0.2) is 64.1 Å². The Morgan fingerprint density at radius 2 is 1.82 bits per heavy atom. The smallest absolute Gasteiger partial charge is 0.409 e. The number of carbonyl (C=O) groups is 2. The maximum absolute atomic E-state index is 12.8. The Labute approximate surface area is 167 Å². The molecule has 2 aromatic rings. The van der Waals surface area contributed by atoms with E-state index in [1.54, 1.807) is 35.0 Å². The van der Waals surface area contributed by atoms with Crippen molar-refractivity contribution in [3.63, 3.8) is 0 Å². The number of nitrogens with one attached hydrogen (secondary N) is 1. The van der Waals surface area contributed by atoms with Crippen molar-refractivity contribution in [2.75, 3.05) is 32.8 Å². The summed E-state index contributed by atoms with van der Waals surface area (Å²) in [5.74, 6) is 0.140. The maximum Gasteiger partial charge on any atom is 0.409 e. The molecule has 0 bridgehead atoms. The molecule has 28 heavy (non-hydrogen) atoms. The highest BCUT2D eigenvalue weighted by Gasteiger charge is 2.26. The number of fused-ring (bicyclic) bond motifs is 1. The number of carbonyl (C=O) groups excluding carboxylic acids is 2. The van der Waals surface area contributed by atoms with Crippen LogP contribution in [0, 0.1) is 10.7 Å². The average Bonchev–Trinajstić information content (AvgIpc) is 2.69. The van der Waals surface area contributed by atoms with E-state index in [2.05, 4.69) is 4.98 Å². The number of piperazine rings is 1. The highest BCUT2D eigenvalue weighted by Crippen LogP contribution is 2.14. The zero-order valence-electron chi connectivity index (χ0n) is 16.2. The van der Waals surface area contributed by atoms with Crippen LogP contribution < -0.4 is 5.56 Å². The number of benzene rings is 1. The Morgan fingerprint density at radius 3 is 2.46 bits per heavy atom. The van der Waals surface area contributed by atoms with Gasteiger partial charge in [-0.1, -0.05) is 13.8 Å². The largest absolute Gasteiger partial charge is 0.449 e. The van der Waals surface area contributed by atoms with Crippen LogP contribution in [-0.2, 0) is 11.8 Å². The van der Waals surface area contributed by atoms with E-state index in [-0.39, 0.29) is 23.5 Å². The number of hydrogen-bond donors (Lipinski definition) is 1. The van der Waals surface area contributed by atoms with Gasteiger partial charge in [0.1, 0.15) is 0 Å². The van der Waals surface area contributed by atoms with Gasteiger partial charge in [-0.2, -0.15) is 0 Å². The molecule has 0 unspecified atom stereocenters. The van der Waals surface area contributed by atoms with Crippen molar-refractivity contribution in [1.82, 2.24) is 19.4 Å². The molecule has 1 N–H and O–H groups in total. The summed E-state index contributed by atoms with van der Waals surface area (Å²) < 4.78 is 6.90. The number of amides is 2. The van der Waals surface area contributed by atoms with Gasteiger partial charge in [-0.15, -0.1) is 0 Å². The third-order valence-electron chi connectivity index (χ3n) is 4.71. The molecule has 0 spiro atoms. The van der Waals surface area contributed by atoms with Gasteiger partial charge in [0.05, 0.1) is 17.5 Å². The van der Waals surface area contributed by atoms with E-state index >= 15 is 0 Å². The molecule has 150 valence electrons. The van der Waals surface area contributed by atoms with Crippen LogP contribution in [0.25, 0.3) is 10.9 Å². The second-order valence-electron chi connectivity index (χ2n) is 7.30. The fraction of sp³-hybridized carbons (Fsp3) is 0.474. The van der Waals surface area contributed by atoms with Crippen molar-refractivity contribution in [3.05, 3.63) is 38.9 Å². The molecular weight excluding hydrogens is 380 g/mol. The number of aromatic nitrogens is 2. The van der Waals surface area contributed by atoms with Crippen LogP contribution in [0.15, 0.2) is 23.0 Å². The first-order valence-corrected chi connectivity index (χ1v) is 9.63. The molecule has 2 amide bonds. The highest BCUT2D eigenvalue weighted by molar-refractivity contribution is 7.71. The minimum Gasteiger partial charge on any atom is -0.449 e. The third-order valence-corrected chi connectivity index (χ3v) is 5.09. The third kappa shape index (κ3) is 4.09. The fourth-order valence-corrected chi connectivity index (χ4v) is 3.24. The van der Waals surface area contributed by atoms with Crippen LogP contribution >= 0.6 is 12.2 Å². The molecule has 1 aliphatic heterocycles. The molecule has 3 rings (SSSR count). The van der Waals surface area contributed by atoms with Gasteiger partial charge < -0.3 is 19.5 Å². The van der Waals surface area contributed by atoms with E-state index in [0.717, 1.165) is 0 Å². The van der Waals surface area contributed by atoms with Gasteiger partial charge in [0.15, 0.2) is 4.77 Å². The van der Waals surface area contributed by atoms with E-state index in [1.165, 1.54) is 4.57 Å². The first kappa shape index (κ1) is 20.1. The normalized spacial score (nSPS) is 14.6. The predicted octanol–water partition coefficient (Wildman–Crippen LogP) is 2.15. The molecular formula is C19H24N4O4S. The van der Waals surface area contributed by atoms with Crippen molar-refractivity contribution < 1.29 is 14.3 Å². The standard InChI is InChI=1S/C19H24N4O4S/c1-12(2)11-27-19(26)23-8-6-22(7-9-23)16(24)13-4-5-14-15(10-13)20-18(28)21(3)17(14)25/h4-5,10,12H,6-9,11H2,1-3H3,(H,20,28). The second kappa shape index (κ2) is 8.14. The molecule has 0 saturated carbocycles. The van der Waals surface area contributed by atoms with Crippen molar-refractivity contribution in [2.24, 2.45) is 13.0 Å². The molecule has 9 heteroatoms. The number of aromatic amines is 1. The number of H-pyrrole nitrogens is 1. The molecule has 2 heterocycles. The Kier molecular flexibility index (Phi) is 5.83. The van der Waals surface area contributed by atoms with Gasteiger partial charge in [0.25, 0.3) is 11.5 Å². The Morgan fingerprint density at radius 1 is 1.18 bits per heavy atom. The second-order valence-corrected chi connectivity index (χ2v) is 7.69. The van der Waals surface area contributed by atoms with Crippen LogP contribution in [0.5, 0.6) is 0 Å². The number of nitrogens with zero attached hydrogens (tertiary/aromatic N) is 3. The van der Waals surface area contributed by atoms with Crippen molar-refractivity contribution >= 4 is 35.1 Å². The van der Waals surface area contributed by atoms with Gasteiger partial charge in [0, 0.05) is 38.8 Å². The monoisotopic (exact) mass is 404 g/mol.